The highest BCUT2D eigenvalue weighted by Gasteiger charge is 2.49. The summed E-state index contributed by atoms with van der Waals surface area (Å²) in [6, 6.07) is 8.01. The molecule has 5 unspecified atom stereocenters. The molecule has 34 heavy (non-hydrogen) atoms. The first-order chi connectivity index (χ1) is 16.0. The number of para-hydroxylation sites is 1. The minimum Gasteiger partial charge on any atom is -0.468 e. The lowest BCUT2D eigenvalue weighted by Crippen LogP contribution is -2.41. The Hall–Kier alpha value is -2.80. The van der Waals surface area contributed by atoms with E-state index in [1.54, 1.807) is 18.2 Å². The summed E-state index contributed by atoms with van der Waals surface area (Å²) in [7, 11) is -3.10. The van der Waals surface area contributed by atoms with Crippen molar-refractivity contribution in [1.29, 1.82) is 0 Å². The number of nitrogens with one attached hydrogen (secondary N) is 2. The number of rotatable bonds is 9. The Morgan fingerprint density at radius 3 is 2.47 bits per heavy atom. The van der Waals surface area contributed by atoms with Crippen molar-refractivity contribution in [3.63, 3.8) is 0 Å². The fraction of sp³-hybridized carbons (Fsp3) is 0.450. The average Bonchev–Trinajstić information content (AvgIpc) is 3.08. The maximum absolute atomic E-state index is 13.6. The van der Waals surface area contributed by atoms with Crippen LogP contribution in [0.25, 0.3) is 0 Å². The monoisotopic (exact) mass is 499 g/mol. The van der Waals surface area contributed by atoms with Crippen LogP contribution >= 0.6 is 7.75 Å². The van der Waals surface area contributed by atoms with Crippen LogP contribution in [-0.4, -0.2) is 63.3 Å². The zero-order valence-electron chi connectivity index (χ0n) is 18.6. The van der Waals surface area contributed by atoms with Crippen molar-refractivity contribution in [2.45, 2.75) is 50.5 Å². The van der Waals surface area contributed by atoms with Gasteiger partial charge in [0.2, 0.25) is 0 Å². The topological polar surface area (TPSA) is 178 Å². The lowest BCUT2D eigenvalue weighted by molar-refractivity contribution is -0.142. The number of carbonyl (C=O) groups excluding carboxylic acids is 1. The predicted octanol–water partition coefficient (Wildman–Crippen LogP) is -0.101. The average molecular weight is 499 g/mol. The van der Waals surface area contributed by atoms with Gasteiger partial charge in [-0.2, -0.15) is 5.09 Å². The third-order valence-electron chi connectivity index (χ3n) is 5.04. The van der Waals surface area contributed by atoms with Gasteiger partial charge in [-0.25, -0.2) is 9.36 Å². The van der Waals surface area contributed by atoms with E-state index in [-0.39, 0.29) is 5.75 Å². The summed E-state index contributed by atoms with van der Waals surface area (Å²) in [6.07, 6.45) is -5.80. The Kier molecular flexibility index (Phi) is 8.08. The highest BCUT2D eigenvalue weighted by atomic mass is 31.2. The molecule has 1 fully saturated rings. The molecule has 0 spiro atoms. The smallest absolute Gasteiger partial charge is 0.459 e. The molecule has 1 saturated heterocycles. The molecule has 1 aliphatic rings. The molecular weight excluding hydrogens is 473 g/mol. The number of carbonyl (C=O) groups is 1. The van der Waals surface area contributed by atoms with Crippen LogP contribution in [0.2, 0.25) is 0 Å². The third kappa shape index (κ3) is 5.81. The lowest BCUT2D eigenvalue weighted by Gasteiger charge is -2.28. The number of aromatic nitrogens is 2. The number of esters is 1. The number of methoxy groups -OCH3 is 1. The molecule has 1 aliphatic heterocycles. The number of nitrogens with zero attached hydrogens (tertiary/aromatic N) is 1. The molecule has 1 aromatic carbocycles. The van der Waals surface area contributed by atoms with Crippen LogP contribution in [0.3, 0.4) is 0 Å². The van der Waals surface area contributed by atoms with Gasteiger partial charge in [0, 0.05) is 12.3 Å². The Morgan fingerprint density at radius 1 is 1.18 bits per heavy atom. The zero-order chi connectivity index (χ0) is 25.0. The summed E-state index contributed by atoms with van der Waals surface area (Å²) in [5.74, 6) is -0.550. The van der Waals surface area contributed by atoms with Gasteiger partial charge in [-0.3, -0.25) is 23.7 Å². The molecule has 13 nitrogen and oxygen atoms in total. The summed E-state index contributed by atoms with van der Waals surface area (Å²) in [6.45, 7) is 2.80. The Bertz CT molecular complexity index is 1150. The first-order valence-electron chi connectivity index (χ1n) is 10.3. The van der Waals surface area contributed by atoms with Gasteiger partial charge in [-0.15, -0.1) is 0 Å². The predicted molar refractivity (Wildman–Crippen MR) is 117 cm³/mol. The molecule has 1 aromatic heterocycles. The summed E-state index contributed by atoms with van der Waals surface area (Å²) >= 11 is 0. The largest absolute Gasteiger partial charge is 0.468 e. The minimum atomic E-state index is -4.27. The summed E-state index contributed by atoms with van der Waals surface area (Å²) in [5.41, 5.74) is -1.50. The van der Waals surface area contributed by atoms with Crippen molar-refractivity contribution in [2.75, 3.05) is 7.11 Å². The number of hydrogen-bond acceptors (Lipinski definition) is 10. The SMILES string of the molecule is COC(=O)C(C)NP(=O)(Oc1ccccc1)OC(C)C1OC(n2ccc(=O)[nH]c2=O)[C@H](O)[C@@H]1O. The number of aromatic amines is 1. The van der Waals surface area contributed by atoms with Gasteiger partial charge in [0.15, 0.2) is 6.23 Å². The Labute approximate surface area is 193 Å². The molecule has 2 heterocycles. The molecule has 3 rings (SSSR count). The third-order valence-corrected chi connectivity index (χ3v) is 6.81. The first kappa shape index (κ1) is 25.8. The van der Waals surface area contributed by atoms with Crippen LogP contribution in [0.5, 0.6) is 5.75 Å². The van der Waals surface area contributed by atoms with Gasteiger partial charge >= 0.3 is 19.4 Å². The van der Waals surface area contributed by atoms with E-state index in [2.05, 4.69) is 9.82 Å². The van der Waals surface area contributed by atoms with E-state index in [0.717, 1.165) is 23.9 Å². The van der Waals surface area contributed by atoms with Gasteiger partial charge < -0.3 is 24.2 Å². The molecule has 2 aromatic rings. The second kappa shape index (κ2) is 10.6. The number of hydrogen-bond donors (Lipinski definition) is 4. The molecule has 14 heteroatoms. The van der Waals surface area contributed by atoms with Crippen molar-refractivity contribution in [3.05, 3.63) is 63.4 Å². The molecule has 0 radical (unpaired) electrons. The zero-order valence-corrected chi connectivity index (χ0v) is 19.5. The fourth-order valence-electron chi connectivity index (χ4n) is 3.38. The summed E-state index contributed by atoms with van der Waals surface area (Å²) in [4.78, 5) is 37.3. The highest BCUT2D eigenvalue weighted by molar-refractivity contribution is 7.52. The number of aliphatic hydroxyl groups excluding tert-OH is 2. The van der Waals surface area contributed by atoms with Crippen LogP contribution in [0.1, 0.15) is 20.1 Å². The van der Waals surface area contributed by atoms with E-state index >= 15 is 0 Å². The number of benzene rings is 1. The second-order valence-corrected chi connectivity index (χ2v) is 9.22. The molecular formula is C20H26N3O10P. The summed E-state index contributed by atoms with van der Waals surface area (Å²) in [5, 5.41) is 23.5. The molecule has 0 aliphatic carbocycles. The van der Waals surface area contributed by atoms with Gasteiger partial charge in [-0.1, -0.05) is 18.2 Å². The van der Waals surface area contributed by atoms with Crippen LogP contribution in [-0.2, 0) is 23.4 Å². The van der Waals surface area contributed by atoms with E-state index in [9.17, 15) is 29.2 Å². The van der Waals surface area contributed by atoms with Gasteiger partial charge in [-0.05, 0) is 26.0 Å². The summed E-state index contributed by atoms with van der Waals surface area (Å²) < 4.78 is 35.9. The number of H-pyrrole nitrogens is 1. The van der Waals surface area contributed by atoms with E-state index in [1.165, 1.54) is 26.0 Å². The van der Waals surface area contributed by atoms with E-state index in [0.29, 0.717) is 0 Å². The van der Waals surface area contributed by atoms with Crippen molar-refractivity contribution < 1.29 is 38.1 Å². The standard InChI is InChI=1S/C20H26N3O10P/c1-11(19(27)30-3)22-34(29,33-13-7-5-4-6-8-13)32-12(2)17-15(25)16(26)18(31-17)23-10-9-14(24)21-20(23)28/h4-12,15-18,25-26H,1-3H3,(H,22,29)(H,21,24,28)/t11?,12?,15-,16+,17?,18?,34?/m0/s1. The normalized spacial score (nSPS) is 25.8. The fourth-order valence-corrected chi connectivity index (χ4v) is 5.07. The lowest BCUT2D eigenvalue weighted by atomic mass is 10.1. The van der Waals surface area contributed by atoms with Crippen LogP contribution in [0, 0.1) is 0 Å². The number of aliphatic hydroxyl groups is 2. The van der Waals surface area contributed by atoms with Gasteiger partial charge in [0.1, 0.15) is 30.1 Å². The van der Waals surface area contributed by atoms with Gasteiger partial charge in [0.05, 0.1) is 13.2 Å². The maximum atomic E-state index is 13.6. The van der Waals surface area contributed by atoms with Crippen molar-refractivity contribution in [2.24, 2.45) is 0 Å². The molecule has 0 saturated carbocycles. The van der Waals surface area contributed by atoms with Crippen molar-refractivity contribution in [1.82, 2.24) is 14.6 Å². The first-order valence-corrected chi connectivity index (χ1v) is 11.8. The van der Waals surface area contributed by atoms with E-state index in [1.807, 2.05) is 4.98 Å². The molecule has 0 amide bonds. The van der Waals surface area contributed by atoms with Crippen LogP contribution in [0.15, 0.2) is 52.2 Å². The molecule has 7 atom stereocenters. The second-order valence-electron chi connectivity index (χ2n) is 7.58. The van der Waals surface area contributed by atoms with Crippen LogP contribution in [0.4, 0.5) is 0 Å². The minimum absolute atomic E-state index is 0.174. The Morgan fingerprint density at radius 2 is 1.85 bits per heavy atom. The quantitative estimate of drug-likeness (QED) is 0.267. The van der Waals surface area contributed by atoms with Crippen molar-refractivity contribution >= 4 is 13.7 Å². The van der Waals surface area contributed by atoms with Crippen molar-refractivity contribution in [3.8, 4) is 5.75 Å². The highest BCUT2D eigenvalue weighted by Crippen LogP contribution is 2.47. The number of ether oxygens (including phenoxy) is 2. The molecule has 4 N–H and O–H groups in total. The van der Waals surface area contributed by atoms with E-state index in [4.69, 9.17) is 13.8 Å². The molecule has 0 bridgehead atoms. The Balaban J connectivity index is 1.82. The maximum Gasteiger partial charge on any atom is 0.459 e. The van der Waals surface area contributed by atoms with Crippen LogP contribution < -0.4 is 20.9 Å². The van der Waals surface area contributed by atoms with E-state index < -0.39 is 61.7 Å². The molecule has 186 valence electrons. The van der Waals surface area contributed by atoms with Gasteiger partial charge in [0.25, 0.3) is 5.56 Å².